The Morgan fingerprint density at radius 2 is 2.08 bits per heavy atom. The molecule has 1 saturated heterocycles. The van der Waals surface area contributed by atoms with Crippen LogP contribution in [0.3, 0.4) is 0 Å². The fraction of sp³-hybridized carbons (Fsp3) is 0.393. The highest BCUT2D eigenvalue weighted by Gasteiger charge is 2.33. The van der Waals surface area contributed by atoms with Gasteiger partial charge in [0.1, 0.15) is 18.3 Å². The van der Waals surface area contributed by atoms with E-state index in [0.717, 1.165) is 34.4 Å². The smallest absolute Gasteiger partial charge is 0.303 e. The number of hydrogen-bond donors (Lipinski definition) is 1. The Labute approximate surface area is 220 Å². The number of carbonyl (C=O) groups excluding carboxylic acids is 1. The lowest BCUT2D eigenvalue weighted by Gasteiger charge is -2.39. The van der Waals surface area contributed by atoms with Gasteiger partial charge >= 0.3 is 5.97 Å². The third-order valence-electron chi connectivity index (χ3n) is 7.25. The molecule has 3 aromatic rings. The van der Waals surface area contributed by atoms with Crippen molar-refractivity contribution in [3.8, 4) is 0 Å². The Morgan fingerprint density at radius 3 is 2.76 bits per heavy atom. The van der Waals surface area contributed by atoms with E-state index in [1.807, 2.05) is 60.0 Å². The molecule has 8 nitrogen and oxygen atoms in total. The first-order chi connectivity index (χ1) is 17.7. The second-order valence-corrected chi connectivity index (χ2v) is 11.0. The Kier molecular flexibility index (Phi) is 6.86. The molecule has 192 valence electrons. The minimum Gasteiger partial charge on any atom is -0.481 e. The molecule has 1 atom stereocenters. The summed E-state index contributed by atoms with van der Waals surface area (Å²) in [5.74, 6) is -0.783. The van der Waals surface area contributed by atoms with Gasteiger partial charge in [0.25, 0.3) is 5.91 Å². The maximum atomic E-state index is 13.2. The van der Waals surface area contributed by atoms with Crippen LogP contribution in [-0.2, 0) is 18.3 Å². The van der Waals surface area contributed by atoms with Crippen molar-refractivity contribution >= 4 is 40.1 Å². The summed E-state index contributed by atoms with van der Waals surface area (Å²) in [5, 5.41) is 9.05. The van der Waals surface area contributed by atoms with Gasteiger partial charge < -0.3 is 14.6 Å². The molecule has 9 heteroatoms. The average molecular weight is 521 g/mol. The van der Waals surface area contributed by atoms with Crippen molar-refractivity contribution in [2.45, 2.75) is 49.9 Å². The predicted octanol–water partition coefficient (Wildman–Crippen LogP) is 4.09. The van der Waals surface area contributed by atoms with Gasteiger partial charge in [-0.2, -0.15) is 4.57 Å². The number of unbranched alkanes of at least 4 members (excludes halogenated alkanes) is 1. The van der Waals surface area contributed by atoms with Crippen LogP contribution in [0, 0.1) is 0 Å². The number of hydrogen-bond acceptors (Lipinski definition) is 4. The molecule has 1 fully saturated rings. The van der Waals surface area contributed by atoms with Crippen molar-refractivity contribution in [2.75, 3.05) is 13.1 Å². The van der Waals surface area contributed by atoms with E-state index in [9.17, 15) is 9.59 Å². The number of carboxylic acid groups (broad SMARTS) is 1. The van der Waals surface area contributed by atoms with Crippen molar-refractivity contribution in [3.05, 3.63) is 72.1 Å². The number of imidazole rings is 1. The molecule has 1 aliphatic heterocycles. The largest absolute Gasteiger partial charge is 0.481 e. The molecule has 0 spiro atoms. The first-order valence-electron chi connectivity index (χ1n) is 12.6. The Morgan fingerprint density at radius 1 is 1.27 bits per heavy atom. The topological polar surface area (TPSA) is 92.2 Å². The summed E-state index contributed by atoms with van der Waals surface area (Å²) in [4.78, 5) is 34.8. The van der Waals surface area contributed by atoms with Gasteiger partial charge in [-0.1, -0.05) is 18.2 Å². The summed E-state index contributed by atoms with van der Waals surface area (Å²) in [6.07, 6.45) is 14.4. The average Bonchev–Trinajstić information content (AvgIpc) is 3.36. The Bertz CT molecular complexity index is 1400. The first-order valence-corrected chi connectivity index (χ1v) is 13.0. The molecular weight excluding hydrogens is 490 g/mol. The maximum absolute atomic E-state index is 13.2. The Hall–Kier alpha value is -3.52. The summed E-state index contributed by atoms with van der Waals surface area (Å²) >= 11 is 6.50. The summed E-state index contributed by atoms with van der Waals surface area (Å²) in [6, 6.07) is 5.93. The number of aromatic nitrogens is 4. The molecule has 0 saturated carbocycles. The summed E-state index contributed by atoms with van der Waals surface area (Å²) in [7, 11) is 1.99. The minimum atomic E-state index is -0.787. The van der Waals surface area contributed by atoms with Crippen molar-refractivity contribution in [2.24, 2.45) is 7.05 Å². The van der Waals surface area contributed by atoms with Crippen molar-refractivity contribution in [1.29, 1.82) is 0 Å². The molecule has 1 amide bonds. The highest BCUT2D eigenvalue weighted by molar-refractivity contribution is 6.25. The number of halogens is 1. The number of fused-ring (bicyclic) bond motifs is 1. The number of alkyl halides is 1. The van der Waals surface area contributed by atoms with Gasteiger partial charge in [0, 0.05) is 55.5 Å². The van der Waals surface area contributed by atoms with Crippen LogP contribution in [0.5, 0.6) is 0 Å². The molecule has 1 aromatic carbocycles. The second-order valence-electron chi connectivity index (χ2n) is 10.1. The molecule has 5 rings (SSSR count). The van der Waals surface area contributed by atoms with Gasteiger partial charge in [0.2, 0.25) is 11.2 Å². The van der Waals surface area contributed by atoms with E-state index >= 15 is 0 Å². The molecule has 2 aliphatic rings. The van der Waals surface area contributed by atoms with E-state index in [0.29, 0.717) is 37.9 Å². The third kappa shape index (κ3) is 5.30. The minimum absolute atomic E-state index is 0.00432. The maximum Gasteiger partial charge on any atom is 0.303 e. The van der Waals surface area contributed by atoms with Crippen LogP contribution in [0.2, 0.25) is 0 Å². The number of carbonyl (C=O) groups is 2. The summed E-state index contributed by atoms with van der Waals surface area (Å²) < 4.78 is 4.14. The molecule has 2 aromatic heterocycles. The number of aryl methyl sites for hydroxylation is 1. The molecule has 37 heavy (non-hydrogen) atoms. The van der Waals surface area contributed by atoms with Crippen LogP contribution in [0.15, 0.2) is 55.1 Å². The number of aliphatic carboxylic acids is 1. The number of rotatable bonds is 8. The van der Waals surface area contributed by atoms with Gasteiger partial charge in [-0.25, -0.2) is 9.97 Å². The highest BCUT2D eigenvalue weighted by atomic mass is 35.5. The number of carboxylic acids is 1. The molecule has 1 aliphatic carbocycles. The van der Waals surface area contributed by atoms with Crippen LogP contribution in [-0.4, -0.2) is 54.4 Å². The van der Waals surface area contributed by atoms with Crippen molar-refractivity contribution in [3.63, 3.8) is 0 Å². The monoisotopic (exact) mass is 520 g/mol. The zero-order chi connectivity index (χ0) is 26.2. The zero-order valence-electron chi connectivity index (χ0n) is 21.1. The van der Waals surface area contributed by atoms with E-state index in [1.54, 1.807) is 12.5 Å². The van der Waals surface area contributed by atoms with Gasteiger partial charge in [-0.05, 0) is 38.3 Å². The van der Waals surface area contributed by atoms with Crippen molar-refractivity contribution < 1.29 is 19.3 Å². The molecule has 0 radical (unpaired) electrons. The summed E-state index contributed by atoms with van der Waals surface area (Å²) in [6.45, 7) is 3.30. The second kappa shape index (κ2) is 10.1. The van der Waals surface area contributed by atoms with Crippen LogP contribution in [0.25, 0.3) is 16.6 Å². The van der Waals surface area contributed by atoms with E-state index in [-0.39, 0.29) is 18.4 Å². The fourth-order valence-corrected chi connectivity index (χ4v) is 5.10. The van der Waals surface area contributed by atoms with Crippen LogP contribution >= 0.6 is 11.6 Å². The highest BCUT2D eigenvalue weighted by Crippen LogP contribution is 2.32. The lowest BCUT2D eigenvalue weighted by molar-refractivity contribution is -0.653. The molecule has 1 unspecified atom stereocenters. The molecule has 3 heterocycles. The third-order valence-corrected chi connectivity index (χ3v) is 7.53. The van der Waals surface area contributed by atoms with Gasteiger partial charge in [-0.3, -0.25) is 9.59 Å². The van der Waals surface area contributed by atoms with E-state index < -0.39 is 10.8 Å². The lowest BCUT2D eigenvalue weighted by atomic mass is 9.94. The van der Waals surface area contributed by atoms with Gasteiger partial charge in [0.05, 0.1) is 17.2 Å². The fourth-order valence-electron chi connectivity index (χ4n) is 4.96. The number of nitrogens with zero attached hydrogens (tertiary/aromatic N) is 5. The van der Waals surface area contributed by atoms with Crippen LogP contribution in [0.4, 0.5) is 0 Å². The van der Waals surface area contributed by atoms with Crippen LogP contribution in [0.1, 0.15) is 60.4 Å². The molecule has 0 bridgehead atoms. The first kappa shape index (κ1) is 25.1. The normalized spacial score (nSPS) is 19.6. The standard InChI is InChI=1S/C28H30ClN5O3/c1-28(29)11-9-19(10-12-28)26-23(5-3-4-6-25(35)36)32(2)24-15-20(7-8-22(24)31-26)27(37)34-16-21(17-34)33-14-13-30-18-33/h7-11,13-15,18,21H,3-6,12,16-17H2,1-2H3/p+1. The zero-order valence-corrected chi connectivity index (χ0v) is 21.9. The van der Waals surface area contributed by atoms with Gasteiger partial charge in [0.15, 0.2) is 0 Å². The lowest BCUT2D eigenvalue weighted by Crippen LogP contribution is -2.50. The quantitative estimate of drug-likeness (QED) is 0.274. The SMILES string of the molecule is C[n+]1c(CCCCC(=O)O)c(C2=CCC(C)(Cl)C=C2)nc2ccc(C(=O)N3CC(n4ccnc4)C3)cc21. The number of allylic oxidation sites excluding steroid dienone is 4. The van der Waals surface area contributed by atoms with E-state index in [1.165, 1.54) is 0 Å². The molecule has 1 N–H and O–H groups in total. The van der Waals surface area contributed by atoms with Crippen LogP contribution < -0.4 is 4.57 Å². The predicted molar refractivity (Wildman–Crippen MR) is 141 cm³/mol. The molecular formula is C28H31ClN5O3+. The van der Waals surface area contributed by atoms with E-state index in [2.05, 4.69) is 15.6 Å². The number of likely N-dealkylation sites (tertiary alicyclic amines) is 1. The summed E-state index contributed by atoms with van der Waals surface area (Å²) in [5.41, 5.74) is 5.21. The Balaban J connectivity index is 1.44. The van der Waals surface area contributed by atoms with Gasteiger partial charge in [-0.15, -0.1) is 11.6 Å². The number of benzene rings is 1. The van der Waals surface area contributed by atoms with E-state index in [4.69, 9.17) is 21.7 Å². The number of amides is 1. The van der Waals surface area contributed by atoms with Crippen molar-refractivity contribution in [1.82, 2.24) is 19.4 Å².